The summed E-state index contributed by atoms with van der Waals surface area (Å²) in [6, 6.07) is 19.5. The van der Waals surface area contributed by atoms with Crippen molar-refractivity contribution in [3.05, 3.63) is 142 Å². The maximum Gasteiger partial charge on any atom is 0.145 e. The van der Waals surface area contributed by atoms with Crippen molar-refractivity contribution >= 4 is 6.29 Å². The van der Waals surface area contributed by atoms with Crippen molar-refractivity contribution in [3.8, 4) is 0 Å². The lowest BCUT2D eigenvalue weighted by Crippen LogP contribution is -2.65. The summed E-state index contributed by atoms with van der Waals surface area (Å²) >= 11 is 0. The third kappa shape index (κ3) is 9.93. The van der Waals surface area contributed by atoms with Gasteiger partial charge >= 0.3 is 0 Å². The number of hydrogen-bond donors (Lipinski definition) is 6. The molecule has 2 fully saturated rings. The molecule has 4 aliphatic rings. The summed E-state index contributed by atoms with van der Waals surface area (Å²) in [5.41, 5.74) is 6.23. The summed E-state index contributed by atoms with van der Waals surface area (Å²) < 4.78 is 0. The van der Waals surface area contributed by atoms with Crippen LogP contribution in [0.1, 0.15) is 82.4 Å². The molecule has 0 unspecified atom stereocenters. The molecule has 10 atom stereocenters. The molecule has 3 aliphatic carbocycles. The number of aryl methyl sites for hydroxylation is 1. The van der Waals surface area contributed by atoms with Gasteiger partial charge in [-0.15, -0.1) is 0 Å². The van der Waals surface area contributed by atoms with Crippen molar-refractivity contribution in [3.63, 3.8) is 0 Å². The second-order valence-corrected chi connectivity index (χ2v) is 18.3. The normalized spacial score (nSPS) is 33.5. The fourth-order valence-corrected chi connectivity index (χ4v) is 11.3. The molecule has 1 aliphatic heterocycles. The Balaban J connectivity index is 1.37. The Morgan fingerprint density at radius 3 is 2.59 bits per heavy atom. The quantitative estimate of drug-likeness (QED) is 0.0505. The molecule has 2 saturated carbocycles. The molecule has 6 N–H and O–H groups in total. The van der Waals surface area contributed by atoms with E-state index in [2.05, 4.69) is 91.8 Å². The lowest BCUT2D eigenvalue weighted by Gasteiger charge is -2.61. The number of rotatable bonds is 14. The predicted molar refractivity (Wildman–Crippen MR) is 240 cm³/mol. The van der Waals surface area contributed by atoms with E-state index in [1.807, 2.05) is 44.3 Å². The molecular weight excluding hydrogens is 733 g/mol. The van der Waals surface area contributed by atoms with Gasteiger partial charge in [-0.05, 0) is 144 Å². The van der Waals surface area contributed by atoms with Crippen LogP contribution in [0.3, 0.4) is 0 Å². The SMILES string of the molecule is C=C(/C=C/C=C(/[C@H](O)CCc1ccccc1)[C@@H]1CC[C@]2([C@@H]1O)[C@@H]1C(=C(C)C=O)[C@@H](C=C[C@H]1CCO)C[C@]2(O)CCNC)[C@@H]1C/C=C(\C)CN[C@@H](C)Cc2cccc(c2)C1. The van der Waals surface area contributed by atoms with Gasteiger partial charge < -0.3 is 31.1 Å². The summed E-state index contributed by atoms with van der Waals surface area (Å²) in [6.07, 6.45) is 18.1. The highest BCUT2D eigenvalue weighted by atomic mass is 16.3. The van der Waals surface area contributed by atoms with Gasteiger partial charge in [-0.25, -0.2) is 0 Å². The maximum absolute atomic E-state index is 13.1. The van der Waals surface area contributed by atoms with Gasteiger partial charge in [0.2, 0.25) is 0 Å². The van der Waals surface area contributed by atoms with E-state index < -0.39 is 29.1 Å². The number of nitrogens with one attached hydrogen (secondary N) is 2. The minimum absolute atomic E-state index is 0.0376. The summed E-state index contributed by atoms with van der Waals surface area (Å²) in [4.78, 5) is 12.5. The van der Waals surface area contributed by atoms with E-state index in [1.54, 1.807) is 0 Å². The van der Waals surface area contributed by atoms with E-state index in [-0.39, 0.29) is 30.3 Å². The number of carbonyl (C=O) groups excluding carboxylic acids is 1. The van der Waals surface area contributed by atoms with Gasteiger partial charge in [-0.2, -0.15) is 0 Å². The number of aldehydes is 1. The molecule has 2 aromatic carbocycles. The number of hydrogen-bond acceptors (Lipinski definition) is 7. The second kappa shape index (κ2) is 20.2. The van der Waals surface area contributed by atoms with E-state index >= 15 is 0 Å². The van der Waals surface area contributed by atoms with Crippen LogP contribution in [0.15, 0.2) is 125 Å². The zero-order valence-corrected chi connectivity index (χ0v) is 36.0. The summed E-state index contributed by atoms with van der Waals surface area (Å²) in [5.74, 6) is -0.869. The summed E-state index contributed by atoms with van der Waals surface area (Å²) in [6.45, 7) is 12.3. The first-order chi connectivity index (χ1) is 28.4. The Morgan fingerprint density at radius 1 is 1.10 bits per heavy atom. The fourth-order valence-electron chi connectivity index (χ4n) is 11.3. The Hall–Kier alpha value is -3.69. The van der Waals surface area contributed by atoms with Crippen LogP contribution < -0.4 is 10.6 Å². The van der Waals surface area contributed by atoms with Crippen molar-refractivity contribution in [1.82, 2.24) is 10.6 Å². The van der Waals surface area contributed by atoms with E-state index in [4.69, 9.17) is 0 Å². The van der Waals surface area contributed by atoms with Crippen LogP contribution in [0.5, 0.6) is 0 Å². The van der Waals surface area contributed by atoms with Gasteiger partial charge in [-0.1, -0.05) is 114 Å². The molecule has 0 aromatic heterocycles. The highest BCUT2D eigenvalue weighted by molar-refractivity contribution is 5.74. The number of aliphatic hydroxyl groups excluding tert-OH is 3. The molecule has 7 heteroatoms. The molecule has 0 radical (unpaired) electrons. The topological polar surface area (TPSA) is 122 Å². The molecule has 6 rings (SSSR count). The van der Waals surface area contributed by atoms with E-state index in [0.717, 1.165) is 54.4 Å². The first kappa shape index (κ1) is 44.9. The molecule has 0 amide bonds. The average Bonchev–Trinajstić information content (AvgIpc) is 3.58. The molecule has 7 nitrogen and oxygen atoms in total. The van der Waals surface area contributed by atoms with Gasteiger partial charge in [0.15, 0.2) is 0 Å². The number of benzene rings is 2. The smallest absolute Gasteiger partial charge is 0.145 e. The van der Waals surface area contributed by atoms with Crippen LogP contribution in [0.2, 0.25) is 0 Å². The lowest BCUT2D eigenvalue weighted by atomic mass is 9.45. The monoisotopic (exact) mass is 803 g/mol. The largest absolute Gasteiger partial charge is 0.396 e. The molecule has 59 heavy (non-hydrogen) atoms. The number of allylic oxidation sites excluding steroid dienone is 9. The van der Waals surface area contributed by atoms with E-state index in [0.29, 0.717) is 63.1 Å². The Bertz CT molecular complexity index is 1910. The summed E-state index contributed by atoms with van der Waals surface area (Å²) in [5, 5.41) is 55.5. The number of aliphatic hydroxyl groups is 4. The maximum atomic E-state index is 13.1. The highest BCUT2D eigenvalue weighted by Gasteiger charge is 2.68. The van der Waals surface area contributed by atoms with Crippen molar-refractivity contribution in [2.24, 2.45) is 35.0 Å². The third-order valence-electron chi connectivity index (χ3n) is 14.4. The Labute approximate surface area is 353 Å². The molecular formula is C52H70N2O5. The van der Waals surface area contributed by atoms with Crippen molar-refractivity contribution in [2.45, 2.75) is 109 Å². The Kier molecular flexibility index (Phi) is 15.4. The van der Waals surface area contributed by atoms with Crippen LogP contribution >= 0.6 is 0 Å². The van der Waals surface area contributed by atoms with Crippen LogP contribution in [0.4, 0.5) is 0 Å². The van der Waals surface area contributed by atoms with Gasteiger partial charge in [-0.3, -0.25) is 4.79 Å². The van der Waals surface area contributed by atoms with E-state index in [9.17, 15) is 25.2 Å². The van der Waals surface area contributed by atoms with Gasteiger partial charge in [0, 0.05) is 36.4 Å². The van der Waals surface area contributed by atoms with Crippen LogP contribution in [0, 0.1) is 35.0 Å². The van der Waals surface area contributed by atoms with Crippen LogP contribution in [-0.4, -0.2) is 77.3 Å². The third-order valence-corrected chi connectivity index (χ3v) is 14.4. The van der Waals surface area contributed by atoms with Crippen LogP contribution in [0.25, 0.3) is 0 Å². The predicted octanol–water partition coefficient (Wildman–Crippen LogP) is 7.57. The molecule has 318 valence electrons. The van der Waals surface area contributed by atoms with Gasteiger partial charge in [0.05, 0.1) is 17.8 Å². The molecule has 2 aromatic rings. The Morgan fingerprint density at radius 2 is 1.86 bits per heavy atom. The number of fused-ring (bicyclic) bond motifs is 5. The zero-order chi connectivity index (χ0) is 42.2. The molecule has 1 heterocycles. The average molecular weight is 803 g/mol. The zero-order valence-electron chi connectivity index (χ0n) is 36.0. The minimum atomic E-state index is -1.25. The first-order valence-electron chi connectivity index (χ1n) is 22.2. The van der Waals surface area contributed by atoms with Crippen molar-refractivity contribution < 1.29 is 25.2 Å². The van der Waals surface area contributed by atoms with Gasteiger partial charge in [0.1, 0.15) is 6.29 Å². The molecule has 4 bridgehead atoms. The first-order valence-corrected chi connectivity index (χ1v) is 22.2. The van der Waals surface area contributed by atoms with Crippen LogP contribution in [-0.2, 0) is 24.1 Å². The lowest BCUT2D eigenvalue weighted by molar-refractivity contribution is -0.194. The van der Waals surface area contributed by atoms with Crippen molar-refractivity contribution in [1.29, 1.82) is 0 Å². The minimum Gasteiger partial charge on any atom is -0.396 e. The van der Waals surface area contributed by atoms with Crippen molar-refractivity contribution in [2.75, 3.05) is 26.7 Å². The summed E-state index contributed by atoms with van der Waals surface area (Å²) in [7, 11) is 1.88. The molecule has 0 saturated heterocycles. The highest BCUT2D eigenvalue weighted by Crippen LogP contribution is 2.67. The molecule has 1 spiro atoms. The van der Waals surface area contributed by atoms with E-state index in [1.165, 1.54) is 16.7 Å². The standard InChI is InChI=1S/C52H70N2O5/c1-35-17-19-43(31-41-15-10-14-40(30-41)29-38(4)54-33-35)36(2)11-9-16-45(47(57)22-18-39-12-7-6-8-13-39)46-23-25-52(50(46)58)49-42(24-28-55)20-21-44(48(49)37(3)34-56)32-51(52,59)26-27-53-5/h6-17,20-21,30,34,38,42-44,46-47,49-50,53-55,57-59H,2,18-19,22-29,31-33H2,1,3-5H3/b11-9+,35-17+,45-16+,48-37?/t38-,42-,43+,44-,46-,47+,49-,50+,51+,52+/m0/s1. The second-order valence-electron chi connectivity index (χ2n) is 18.3. The number of carbonyl (C=O) groups is 1. The fraction of sp³-hybridized carbons (Fsp3) is 0.519. The van der Waals surface area contributed by atoms with Gasteiger partial charge in [0.25, 0.3) is 0 Å².